The topological polar surface area (TPSA) is 20.2 Å². The number of halogens is 1. The third-order valence-electron chi connectivity index (χ3n) is 2.67. The summed E-state index contributed by atoms with van der Waals surface area (Å²) in [6, 6.07) is 0. The molecule has 0 aliphatic rings. The van der Waals surface area contributed by atoms with Gasteiger partial charge >= 0.3 is 0 Å². The molecular formula is C15H25FO. The van der Waals surface area contributed by atoms with Crippen molar-refractivity contribution in [2.75, 3.05) is 6.61 Å². The number of allylic oxidation sites excluding steroid dienone is 5. The Morgan fingerprint density at radius 3 is 2.29 bits per heavy atom. The van der Waals surface area contributed by atoms with Crippen LogP contribution in [-0.4, -0.2) is 17.9 Å². The molecule has 98 valence electrons. The first-order valence-corrected chi connectivity index (χ1v) is 6.18. The molecular weight excluding hydrogens is 215 g/mol. The van der Waals surface area contributed by atoms with Crippen molar-refractivity contribution in [1.29, 1.82) is 0 Å². The zero-order chi connectivity index (χ0) is 13.3. The third kappa shape index (κ3) is 8.87. The highest BCUT2D eigenvalue weighted by atomic mass is 19.1. The molecule has 0 aromatic carbocycles. The summed E-state index contributed by atoms with van der Waals surface area (Å²) >= 11 is 0. The summed E-state index contributed by atoms with van der Waals surface area (Å²) < 4.78 is 13.6. The molecule has 2 heteroatoms. The van der Waals surface area contributed by atoms with Crippen LogP contribution in [0.3, 0.4) is 0 Å². The second-order valence-corrected chi connectivity index (χ2v) is 4.70. The monoisotopic (exact) mass is 240 g/mol. The quantitative estimate of drug-likeness (QED) is 0.656. The molecule has 0 fully saturated rings. The van der Waals surface area contributed by atoms with E-state index in [0.29, 0.717) is 12.0 Å². The summed E-state index contributed by atoms with van der Waals surface area (Å²) in [5, 5.41) is 8.67. The number of hydrogen-bond acceptors (Lipinski definition) is 1. The second kappa shape index (κ2) is 9.17. The van der Waals surface area contributed by atoms with Gasteiger partial charge in [-0.15, -0.1) is 0 Å². The van der Waals surface area contributed by atoms with E-state index in [1.165, 1.54) is 17.2 Å². The second-order valence-electron chi connectivity index (χ2n) is 4.70. The lowest BCUT2D eigenvalue weighted by atomic mass is 10.1. The van der Waals surface area contributed by atoms with Crippen LogP contribution in [0.15, 0.2) is 34.9 Å². The molecule has 1 nitrogen and oxygen atoms in total. The molecule has 0 saturated heterocycles. The minimum Gasteiger partial charge on any atom is -0.392 e. The van der Waals surface area contributed by atoms with Gasteiger partial charge in [-0.1, -0.05) is 29.4 Å². The maximum absolute atomic E-state index is 13.6. The largest absolute Gasteiger partial charge is 0.392 e. The molecule has 0 aromatic rings. The minimum absolute atomic E-state index is 0.0878. The Morgan fingerprint density at radius 2 is 1.76 bits per heavy atom. The third-order valence-corrected chi connectivity index (χ3v) is 2.67. The van der Waals surface area contributed by atoms with Gasteiger partial charge in [0, 0.05) is 6.42 Å². The molecule has 0 radical (unpaired) electrons. The van der Waals surface area contributed by atoms with Gasteiger partial charge in [-0.05, 0) is 46.1 Å². The van der Waals surface area contributed by atoms with E-state index in [4.69, 9.17) is 5.11 Å². The lowest BCUT2D eigenvalue weighted by molar-refractivity contribution is 0.334. The Hall–Kier alpha value is -0.890. The molecule has 0 heterocycles. The summed E-state index contributed by atoms with van der Waals surface area (Å²) in [6.45, 7) is 7.83. The first kappa shape index (κ1) is 16.1. The lowest BCUT2D eigenvalue weighted by Crippen LogP contribution is -2.01. The van der Waals surface area contributed by atoms with E-state index < -0.39 is 6.17 Å². The Balaban J connectivity index is 4.06. The highest BCUT2D eigenvalue weighted by molar-refractivity contribution is 5.09. The van der Waals surface area contributed by atoms with Crippen LogP contribution >= 0.6 is 0 Å². The molecule has 17 heavy (non-hydrogen) atoms. The van der Waals surface area contributed by atoms with Gasteiger partial charge in [0.05, 0.1) is 6.61 Å². The Bertz CT molecular complexity index is 296. The van der Waals surface area contributed by atoms with Gasteiger partial charge in [-0.25, -0.2) is 4.39 Å². The summed E-state index contributed by atoms with van der Waals surface area (Å²) in [5.74, 6) is 0. The molecule has 0 spiro atoms. The summed E-state index contributed by atoms with van der Waals surface area (Å²) in [5.41, 5.74) is 3.16. The van der Waals surface area contributed by atoms with E-state index in [-0.39, 0.29) is 6.61 Å². The van der Waals surface area contributed by atoms with E-state index in [9.17, 15) is 4.39 Å². The van der Waals surface area contributed by atoms with Crippen LogP contribution in [0.1, 0.15) is 47.0 Å². The molecule has 1 unspecified atom stereocenters. The summed E-state index contributed by atoms with van der Waals surface area (Å²) in [7, 11) is 0. The standard InChI is InChI=1S/C15H25FO/c1-12(2)6-5-7-13(3)8-9-15(16)14(4)10-11-17/h6,8,10,15,17H,5,7,9,11H2,1-4H3. The van der Waals surface area contributed by atoms with Crippen molar-refractivity contribution in [2.24, 2.45) is 0 Å². The van der Waals surface area contributed by atoms with Crippen molar-refractivity contribution in [2.45, 2.75) is 53.1 Å². The van der Waals surface area contributed by atoms with Crippen molar-refractivity contribution in [1.82, 2.24) is 0 Å². The highest BCUT2D eigenvalue weighted by Gasteiger charge is 2.06. The number of aliphatic hydroxyl groups is 1. The van der Waals surface area contributed by atoms with Crippen molar-refractivity contribution >= 4 is 0 Å². The van der Waals surface area contributed by atoms with Crippen LogP contribution < -0.4 is 0 Å². The van der Waals surface area contributed by atoms with Crippen molar-refractivity contribution in [3.05, 3.63) is 34.9 Å². The van der Waals surface area contributed by atoms with E-state index >= 15 is 0 Å². The van der Waals surface area contributed by atoms with Crippen LogP contribution in [0.4, 0.5) is 4.39 Å². The van der Waals surface area contributed by atoms with Crippen LogP contribution in [0.2, 0.25) is 0 Å². The summed E-state index contributed by atoms with van der Waals surface area (Å²) in [4.78, 5) is 0. The van der Waals surface area contributed by atoms with E-state index in [2.05, 4.69) is 19.9 Å². The van der Waals surface area contributed by atoms with Gasteiger partial charge < -0.3 is 5.11 Å². The van der Waals surface area contributed by atoms with Gasteiger partial charge in [0.2, 0.25) is 0 Å². The molecule has 0 amide bonds. The van der Waals surface area contributed by atoms with Gasteiger partial charge in [-0.2, -0.15) is 0 Å². The van der Waals surface area contributed by atoms with Gasteiger partial charge in [0.1, 0.15) is 6.17 Å². The van der Waals surface area contributed by atoms with E-state index in [1.54, 1.807) is 6.92 Å². The summed E-state index contributed by atoms with van der Waals surface area (Å²) in [6.07, 6.45) is 7.12. The smallest absolute Gasteiger partial charge is 0.124 e. The first-order valence-electron chi connectivity index (χ1n) is 6.18. The number of hydrogen-bond donors (Lipinski definition) is 1. The van der Waals surface area contributed by atoms with Crippen LogP contribution in [0.25, 0.3) is 0 Å². The molecule has 0 aliphatic carbocycles. The molecule has 1 atom stereocenters. The lowest BCUT2D eigenvalue weighted by Gasteiger charge is -2.06. The highest BCUT2D eigenvalue weighted by Crippen LogP contribution is 2.14. The predicted octanol–water partition coefficient (Wildman–Crippen LogP) is 4.35. The minimum atomic E-state index is -0.972. The van der Waals surface area contributed by atoms with Crippen molar-refractivity contribution in [3.8, 4) is 0 Å². The SMILES string of the molecule is CC(C)=CCCC(C)=CCC(F)C(C)=CCO. The zero-order valence-corrected chi connectivity index (χ0v) is 11.5. The van der Waals surface area contributed by atoms with E-state index in [0.717, 1.165) is 12.8 Å². The van der Waals surface area contributed by atoms with Crippen LogP contribution in [0.5, 0.6) is 0 Å². The van der Waals surface area contributed by atoms with Gasteiger partial charge in [0.25, 0.3) is 0 Å². The number of rotatable bonds is 7. The molecule has 0 saturated carbocycles. The Kier molecular flexibility index (Phi) is 8.69. The average Bonchev–Trinajstić information content (AvgIpc) is 2.25. The normalized spacial score (nSPS) is 14.7. The fourth-order valence-electron chi connectivity index (χ4n) is 1.45. The molecule has 0 rings (SSSR count). The Labute approximate surface area is 105 Å². The maximum Gasteiger partial charge on any atom is 0.124 e. The fourth-order valence-corrected chi connectivity index (χ4v) is 1.45. The van der Waals surface area contributed by atoms with Crippen molar-refractivity contribution < 1.29 is 9.50 Å². The van der Waals surface area contributed by atoms with E-state index in [1.807, 2.05) is 13.0 Å². The fraction of sp³-hybridized carbons (Fsp3) is 0.600. The Morgan fingerprint density at radius 1 is 1.12 bits per heavy atom. The van der Waals surface area contributed by atoms with Gasteiger partial charge in [0.15, 0.2) is 0 Å². The van der Waals surface area contributed by atoms with Crippen LogP contribution in [0, 0.1) is 0 Å². The molecule has 0 aromatic heterocycles. The number of alkyl halides is 1. The molecule has 1 N–H and O–H groups in total. The molecule has 0 bridgehead atoms. The first-order chi connectivity index (χ1) is 7.97. The molecule has 0 aliphatic heterocycles. The number of aliphatic hydroxyl groups excluding tert-OH is 1. The van der Waals surface area contributed by atoms with Crippen LogP contribution in [-0.2, 0) is 0 Å². The average molecular weight is 240 g/mol. The maximum atomic E-state index is 13.6. The van der Waals surface area contributed by atoms with Gasteiger partial charge in [-0.3, -0.25) is 0 Å². The van der Waals surface area contributed by atoms with Crippen molar-refractivity contribution in [3.63, 3.8) is 0 Å². The predicted molar refractivity (Wildman–Crippen MR) is 72.8 cm³/mol. The zero-order valence-electron chi connectivity index (χ0n) is 11.5.